The molecule has 1 heterocycles. The van der Waals surface area contributed by atoms with Crippen molar-refractivity contribution in [2.75, 3.05) is 6.54 Å². The van der Waals surface area contributed by atoms with E-state index < -0.39 is 10.0 Å². The van der Waals surface area contributed by atoms with E-state index in [1.54, 1.807) is 0 Å². The molecule has 0 radical (unpaired) electrons. The van der Waals surface area contributed by atoms with E-state index in [-0.39, 0.29) is 11.1 Å². The standard InChI is InChI=1S/C8H13N3O2S/c1-2-11(7-3-4-7)14(12,13)8-5-9-6-10-8/h5-7H,2-4H2,1H3,(H,9,10). The number of nitrogens with zero attached hydrogens (tertiary/aromatic N) is 2. The average molecular weight is 215 g/mol. The SMILES string of the molecule is CCN(C1CC1)S(=O)(=O)c1cnc[nH]1. The summed E-state index contributed by atoms with van der Waals surface area (Å²) in [5, 5.41) is 0.186. The van der Waals surface area contributed by atoms with E-state index >= 15 is 0 Å². The van der Waals surface area contributed by atoms with Crippen LogP contribution in [0.4, 0.5) is 0 Å². The smallest absolute Gasteiger partial charge is 0.260 e. The van der Waals surface area contributed by atoms with Gasteiger partial charge < -0.3 is 4.98 Å². The molecule has 0 amide bonds. The summed E-state index contributed by atoms with van der Waals surface area (Å²) in [5.74, 6) is 0. The molecule has 0 bridgehead atoms. The molecule has 0 spiro atoms. The van der Waals surface area contributed by atoms with Crippen LogP contribution in [0, 0.1) is 0 Å². The van der Waals surface area contributed by atoms with Crippen LogP contribution in [-0.4, -0.2) is 35.3 Å². The Labute approximate surface area is 83.2 Å². The summed E-state index contributed by atoms with van der Waals surface area (Å²) >= 11 is 0. The third kappa shape index (κ3) is 1.55. The molecule has 1 aliphatic carbocycles. The Morgan fingerprint density at radius 3 is 2.79 bits per heavy atom. The second kappa shape index (κ2) is 3.36. The van der Waals surface area contributed by atoms with Crippen molar-refractivity contribution >= 4 is 10.0 Å². The van der Waals surface area contributed by atoms with E-state index in [4.69, 9.17) is 0 Å². The highest BCUT2D eigenvalue weighted by Gasteiger charge is 2.37. The Morgan fingerprint density at radius 2 is 2.36 bits per heavy atom. The van der Waals surface area contributed by atoms with E-state index in [1.165, 1.54) is 16.8 Å². The van der Waals surface area contributed by atoms with E-state index in [0.29, 0.717) is 6.54 Å². The molecule has 1 aromatic heterocycles. The molecule has 0 saturated heterocycles. The molecule has 14 heavy (non-hydrogen) atoms. The van der Waals surface area contributed by atoms with Gasteiger partial charge in [0, 0.05) is 12.6 Å². The monoisotopic (exact) mass is 215 g/mol. The normalized spacial score (nSPS) is 17.6. The van der Waals surface area contributed by atoms with Gasteiger partial charge in [0.25, 0.3) is 10.0 Å². The van der Waals surface area contributed by atoms with Crippen molar-refractivity contribution in [3.63, 3.8) is 0 Å². The summed E-state index contributed by atoms with van der Waals surface area (Å²) in [5.41, 5.74) is 0. The maximum atomic E-state index is 12.0. The van der Waals surface area contributed by atoms with Crippen molar-refractivity contribution in [3.8, 4) is 0 Å². The number of aromatic amines is 1. The van der Waals surface area contributed by atoms with Gasteiger partial charge >= 0.3 is 0 Å². The first kappa shape index (κ1) is 9.67. The van der Waals surface area contributed by atoms with Crippen molar-refractivity contribution in [3.05, 3.63) is 12.5 Å². The first-order chi connectivity index (χ1) is 6.66. The number of imidazole rings is 1. The quantitative estimate of drug-likeness (QED) is 0.799. The summed E-state index contributed by atoms with van der Waals surface area (Å²) in [7, 11) is -3.33. The fourth-order valence-electron chi connectivity index (χ4n) is 1.50. The fraction of sp³-hybridized carbons (Fsp3) is 0.625. The summed E-state index contributed by atoms with van der Waals surface area (Å²) in [6.45, 7) is 2.37. The maximum absolute atomic E-state index is 12.0. The number of sulfonamides is 1. The molecule has 1 N–H and O–H groups in total. The highest BCUT2D eigenvalue weighted by molar-refractivity contribution is 7.89. The summed E-state index contributed by atoms with van der Waals surface area (Å²) in [4.78, 5) is 6.36. The highest BCUT2D eigenvalue weighted by atomic mass is 32.2. The van der Waals surface area contributed by atoms with Gasteiger partial charge in [0.1, 0.15) is 0 Å². The predicted molar refractivity (Wildman–Crippen MR) is 51.2 cm³/mol. The van der Waals surface area contributed by atoms with Crippen molar-refractivity contribution in [1.82, 2.24) is 14.3 Å². The van der Waals surface area contributed by atoms with Crippen molar-refractivity contribution in [2.24, 2.45) is 0 Å². The molecule has 78 valence electrons. The van der Waals surface area contributed by atoms with Gasteiger partial charge in [0.2, 0.25) is 0 Å². The zero-order chi connectivity index (χ0) is 10.2. The largest absolute Gasteiger partial charge is 0.335 e. The second-order valence-electron chi connectivity index (χ2n) is 3.36. The summed E-state index contributed by atoms with van der Waals surface area (Å²) in [6, 6.07) is 0.202. The fourth-order valence-corrected chi connectivity index (χ4v) is 3.09. The van der Waals surface area contributed by atoms with E-state index in [1.807, 2.05) is 6.92 Å². The number of hydrogen-bond donors (Lipinski definition) is 1. The Balaban J connectivity index is 2.30. The van der Waals surface area contributed by atoms with Crippen LogP contribution in [0.1, 0.15) is 19.8 Å². The molecule has 1 aromatic rings. The van der Waals surface area contributed by atoms with Gasteiger partial charge in [-0.1, -0.05) is 6.92 Å². The molecule has 1 fully saturated rings. The lowest BCUT2D eigenvalue weighted by molar-refractivity contribution is 0.419. The lowest BCUT2D eigenvalue weighted by Crippen LogP contribution is -2.33. The summed E-state index contributed by atoms with van der Waals surface area (Å²) in [6.07, 6.45) is 4.68. The molecule has 2 rings (SSSR count). The average Bonchev–Trinajstić information content (AvgIpc) is 2.82. The van der Waals surface area contributed by atoms with Crippen LogP contribution in [0.3, 0.4) is 0 Å². The Bertz CT molecular complexity index is 394. The first-order valence-electron chi connectivity index (χ1n) is 4.66. The Kier molecular flexibility index (Phi) is 2.32. The first-order valence-corrected chi connectivity index (χ1v) is 6.10. The number of aromatic nitrogens is 2. The number of rotatable bonds is 4. The summed E-state index contributed by atoms with van der Waals surface area (Å²) < 4.78 is 25.4. The molecular formula is C8H13N3O2S. The second-order valence-corrected chi connectivity index (χ2v) is 5.21. The molecule has 6 heteroatoms. The van der Waals surface area contributed by atoms with Crippen LogP contribution in [0.15, 0.2) is 17.6 Å². The molecule has 5 nitrogen and oxygen atoms in total. The van der Waals surface area contributed by atoms with Gasteiger partial charge in [-0.3, -0.25) is 0 Å². The zero-order valence-corrected chi connectivity index (χ0v) is 8.79. The topological polar surface area (TPSA) is 66.1 Å². The van der Waals surface area contributed by atoms with Crippen LogP contribution in [-0.2, 0) is 10.0 Å². The van der Waals surface area contributed by atoms with Gasteiger partial charge in [-0.25, -0.2) is 13.4 Å². The van der Waals surface area contributed by atoms with Crippen LogP contribution in [0.2, 0.25) is 0 Å². The molecule has 1 aliphatic rings. The Hall–Kier alpha value is -0.880. The number of nitrogens with one attached hydrogen (secondary N) is 1. The minimum absolute atomic E-state index is 0.186. The van der Waals surface area contributed by atoms with E-state index in [2.05, 4.69) is 9.97 Å². The molecule has 0 aliphatic heterocycles. The van der Waals surface area contributed by atoms with Crippen LogP contribution in [0.5, 0.6) is 0 Å². The number of hydrogen-bond acceptors (Lipinski definition) is 3. The lowest BCUT2D eigenvalue weighted by atomic mass is 10.6. The van der Waals surface area contributed by atoms with Crippen LogP contribution < -0.4 is 0 Å². The molecule has 0 unspecified atom stereocenters. The maximum Gasteiger partial charge on any atom is 0.260 e. The molecular weight excluding hydrogens is 202 g/mol. The molecule has 0 aromatic carbocycles. The van der Waals surface area contributed by atoms with E-state index in [9.17, 15) is 8.42 Å². The minimum Gasteiger partial charge on any atom is -0.335 e. The van der Waals surface area contributed by atoms with Gasteiger partial charge in [0.05, 0.1) is 12.5 Å². The lowest BCUT2D eigenvalue weighted by Gasteiger charge is -2.18. The van der Waals surface area contributed by atoms with Gasteiger partial charge in [-0.2, -0.15) is 4.31 Å². The molecule has 1 saturated carbocycles. The zero-order valence-electron chi connectivity index (χ0n) is 7.97. The molecule has 0 atom stereocenters. The van der Waals surface area contributed by atoms with Crippen molar-refractivity contribution in [1.29, 1.82) is 0 Å². The Morgan fingerprint density at radius 1 is 1.64 bits per heavy atom. The highest BCUT2D eigenvalue weighted by Crippen LogP contribution is 2.30. The third-order valence-corrected chi connectivity index (χ3v) is 4.28. The number of H-pyrrole nitrogens is 1. The van der Waals surface area contributed by atoms with Crippen molar-refractivity contribution in [2.45, 2.75) is 30.8 Å². The minimum atomic E-state index is -3.33. The predicted octanol–water partition coefficient (Wildman–Crippen LogP) is 0.583. The van der Waals surface area contributed by atoms with Gasteiger partial charge in [-0.15, -0.1) is 0 Å². The third-order valence-electron chi connectivity index (χ3n) is 2.33. The van der Waals surface area contributed by atoms with E-state index in [0.717, 1.165) is 12.8 Å². The van der Waals surface area contributed by atoms with Crippen LogP contribution in [0.25, 0.3) is 0 Å². The van der Waals surface area contributed by atoms with Gasteiger partial charge in [0.15, 0.2) is 5.03 Å². The van der Waals surface area contributed by atoms with Crippen LogP contribution >= 0.6 is 0 Å². The van der Waals surface area contributed by atoms with Gasteiger partial charge in [-0.05, 0) is 12.8 Å². The van der Waals surface area contributed by atoms with Crippen molar-refractivity contribution < 1.29 is 8.42 Å².